The van der Waals surface area contributed by atoms with Crippen LogP contribution >= 0.6 is 0 Å². The predicted octanol–water partition coefficient (Wildman–Crippen LogP) is 3.14. The molecule has 0 bridgehead atoms. The maximum atomic E-state index is 12.8. The van der Waals surface area contributed by atoms with Crippen LogP contribution in [0.15, 0.2) is 40.8 Å². The van der Waals surface area contributed by atoms with E-state index in [1.165, 1.54) is 25.0 Å². The molecule has 1 amide bonds. The number of nitrogens with one attached hydrogen (secondary N) is 1. The normalized spacial score (nSPS) is 14.0. The molecule has 0 spiro atoms. The molecule has 0 radical (unpaired) electrons. The standard InChI is InChI=1S/C16H16FNO3/c17-12-3-5-13(6-4-12)20-10-14-7-8-15(21-14)16(19)18-9-11-1-2-11/h3-8,11H,1-2,9-10H2,(H,18,19). The fourth-order valence-corrected chi connectivity index (χ4v) is 1.91. The molecular formula is C16H16FNO3. The molecule has 110 valence electrons. The highest BCUT2D eigenvalue weighted by atomic mass is 19.1. The highest BCUT2D eigenvalue weighted by Gasteiger charge is 2.22. The average Bonchev–Trinajstić information content (AvgIpc) is 3.20. The van der Waals surface area contributed by atoms with E-state index in [1.807, 2.05) is 0 Å². The average molecular weight is 289 g/mol. The third-order valence-electron chi connectivity index (χ3n) is 3.33. The summed E-state index contributed by atoms with van der Waals surface area (Å²) in [4.78, 5) is 11.8. The van der Waals surface area contributed by atoms with Gasteiger partial charge in [-0.25, -0.2) is 4.39 Å². The summed E-state index contributed by atoms with van der Waals surface area (Å²) in [7, 11) is 0. The second kappa shape index (κ2) is 5.99. The third-order valence-corrected chi connectivity index (χ3v) is 3.33. The molecule has 0 unspecified atom stereocenters. The van der Waals surface area contributed by atoms with Crippen molar-refractivity contribution in [1.82, 2.24) is 5.32 Å². The Balaban J connectivity index is 1.51. The number of halogens is 1. The highest BCUT2D eigenvalue weighted by Crippen LogP contribution is 2.27. The van der Waals surface area contributed by atoms with Crippen LogP contribution in [0.25, 0.3) is 0 Å². The lowest BCUT2D eigenvalue weighted by atomic mass is 10.3. The lowest BCUT2D eigenvalue weighted by Gasteiger charge is -2.04. The zero-order valence-corrected chi connectivity index (χ0v) is 11.5. The summed E-state index contributed by atoms with van der Waals surface area (Å²) in [6.45, 7) is 0.905. The van der Waals surface area contributed by atoms with Crippen molar-refractivity contribution in [2.24, 2.45) is 5.92 Å². The van der Waals surface area contributed by atoms with Gasteiger partial charge in [-0.15, -0.1) is 0 Å². The highest BCUT2D eigenvalue weighted by molar-refractivity contribution is 5.91. The van der Waals surface area contributed by atoms with Gasteiger partial charge in [0, 0.05) is 6.54 Å². The number of hydrogen-bond acceptors (Lipinski definition) is 3. The van der Waals surface area contributed by atoms with E-state index in [4.69, 9.17) is 9.15 Å². The molecule has 1 fully saturated rings. The van der Waals surface area contributed by atoms with Crippen LogP contribution in [-0.4, -0.2) is 12.5 Å². The second-order valence-electron chi connectivity index (χ2n) is 5.16. The van der Waals surface area contributed by atoms with Gasteiger partial charge in [0.15, 0.2) is 5.76 Å². The minimum Gasteiger partial charge on any atom is -0.486 e. The van der Waals surface area contributed by atoms with E-state index >= 15 is 0 Å². The summed E-state index contributed by atoms with van der Waals surface area (Å²) in [6.07, 6.45) is 2.38. The van der Waals surface area contributed by atoms with Crippen molar-refractivity contribution in [3.8, 4) is 5.75 Å². The van der Waals surface area contributed by atoms with Gasteiger partial charge >= 0.3 is 0 Å². The number of rotatable bonds is 6. The molecule has 21 heavy (non-hydrogen) atoms. The van der Waals surface area contributed by atoms with Crippen LogP contribution in [0, 0.1) is 11.7 Å². The summed E-state index contributed by atoms with van der Waals surface area (Å²) in [5.41, 5.74) is 0. The van der Waals surface area contributed by atoms with Crippen LogP contribution < -0.4 is 10.1 Å². The first-order valence-corrected chi connectivity index (χ1v) is 6.96. The number of hydrogen-bond donors (Lipinski definition) is 1. The fraction of sp³-hybridized carbons (Fsp3) is 0.312. The van der Waals surface area contributed by atoms with Crippen LogP contribution in [0.5, 0.6) is 5.75 Å². The van der Waals surface area contributed by atoms with Crippen molar-refractivity contribution in [2.75, 3.05) is 6.54 Å². The topological polar surface area (TPSA) is 51.5 Å². The summed E-state index contributed by atoms with van der Waals surface area (Å²) >= 11 is 0. The van der Waals surface area contributed by atoms with Gasteiger partial charge in [-0.3, -0.25) is 4.79 Å². The number of carbonyl (C=O) groups is 1. The molecule has 5 heteroatoms. The molecule has 1 N–H and O–H groups in total. The van der Waals surface area contributed by atoms with Crippen LogP contribution in [-0.2, 0) is 6.61 Å². The van der Waals surface area contributed by atoms with E-state index in [9.17, 15) is 9.18 Å². The van der Waals surface area contributed by atoms with E-state index in [0.29, 0.717) is 24.0 Å². The SMILES string of the molecule is O=C(NCC1CC1)c1ccc(COc2ccc(F)cc2)o1. The van der Waals surface area contributed by atoms with E-state index in [-0.39, 0.29) is 24.1 Å². The van der Waals surface area contributed by atoms with Crippen molar-refractivity contribution in [2.45, 2.75) is 19.4 Å². The number of ether oxygens (including phenoxy) is 1. The zero-order chi connectivity index (χ0) is 14.7. The van der Waals surface area contributed by atoms with Gasteiger partial charge in [0.25, 0.3) is 5.91 Å². The lowest BCUT2D eigenvalue weighted by Crippen LogP contribution is -2.24. The van der Waals surface area contributed by atoms with Crippen molar-refractivity contribution in [3.05, 3.63) is 53.7 Å². The van der Waals surface area contributed by atoms with Crippen molar-refractivity contribution >= 4 is 5.91 Å². The minimum absolute atomic E-state index is 0.196. The fourth-order valence-electron chi connectivity index (χ4n) is 1.91. The largest absolute Gasteiger partial charge is 0.486 e. The molecule has 0 atom stereocenters. The van der Waals surface area contributed by atoms with Crippen LogP contribution in [0.1, 0.15) is 29.2 Å². The molecule has 2 aromatic rings. The Morgan fingerprint density at radius 1 is 1.24 bits per heavy atom. The van der Waals surface area contributed by atoms with Gasteiger partial charge in [-0.2, -0.15) is 0 Å². The van der Waals surface area contributed by atoms with Gasteiger partial charge in [-0.05, 0) is 55.2 Å². The van der Waals surface area contributed by atoms with Crippen molar-refractivity contribution in [1.29, 1.82) is 0 Å². The Labute approximate surface area is 121 Å². The van der Waals surface area contributed by atoms with Gasteiger partial charge in [-0.1, -0.05) is 0 Å². The molecule has 1 aromatic carbocycles. The van der Waals surface area contributed by atoms with Gasteiger partial charge in [0.05, 0.1) is 0 Å². The third kappa shape index (κ3) is 3.84. The first-order chi connectivity index (χ1) is 10.2. The van der Waals surface area contributed by atoms with Crippen molar-refractivity contribution < 1.29 is 18.3 Å². The first-order valence-electron chi connectivity index (χ1n) is 6.96. The van der Waals surface area contributed by atoms with E-state index in [2.05, 4.69) is 5.32 Å². The molecule has 1 heterocycles. The Kier molecular flexibility index (Phi) is 3.90. The van der Waals surface area contributed by atoms with Crippen LogP contribution in [0.4, 0.5) is 4.39 Å². The van der Waals surface area contributed by atoms with E-state index in [0.717, 1.165) is 0 Å². The summed E-state index contributed by atoms with van der Waals surface area (Å²) in [5.74, 6) is 1.51. The Hall–Kier alpha value is -2.30. The van der Waals surface area contributed by atoms with Gasteiger partial charge < -0.3 is 14.5 Å². The quantitative estimate of drug-likeness (QED) is 0.888. The summed E-state index contributed by atoms with van der Waals surface area (Å²) in [5, 5.41) is 2.84. The monoisotopic (exact) mass is 289 g/mol. The number of furan rings is 1. The maximum absolute atomic E-state index is 12.8. The molecule has 1 saturated carbocycles. The molecule has 1 aromatic heterocycles. The lowest BCUT2D eigenvalue weighted by molar-refractivity contribution is 0.0920. The molecule has 1 aliphatic rings. The van der Waals surface area contributed by atoms with Gasteiger partial charge in [0.1, 0.15) is 23.9 Å². The van der Waals surface area contributed by atoms with Crippen molar-refractivity contribution in [3.63, 3.8) is 0 Å². The summed E-state index contributed by atoms with van der Waals surface area (Å²) < 4.78 is 23.6. The maximum Gasteiger partial charge on any atom is 0.287 e. The van der Waals surface area contributed by atoms with Crippen LogP contribution in [0.3, 0.4) is 0 Å². The second-order valence-corrected chi connectivity index (χ2v) is 5.16. The zero-order valence-electron chi connectivity index (χ0n) is 11.5. The Morgan fingerprint density at radius 2 is 2.00 bits per heavy atom. The predicted molar refractivity (Wildman–Crippen MR) is 74.5 cm³/mol. The summed E-state index contributed by atoms with van der Waals surface area (Å²) in [6, 6.07) is 9.08. The molecule has 3 rings (SSSR count). The molecule has 4 nitrogen and oxygen atoms in total. The molecular weight excluding hydrogens is 273 g/mol. The van der Waals surface area contributed by atoms with Gasteiger partial charge in [0.2, 0.25) is 0 Å². The van der Waals surface area contributed by atoms with E-state index in [1.54, 1.807) is 24.3 Å². The number of amides is 1. The van der Waals surface area contributed by atoms with E-state index < -0.39 is 0 Å². The number of benzene rings is 1. The first kappa shape index (κ1) is 13.7. The number of carbonyl (C=O) groups excluding carboxylic acids is 1. The van der Waals surface area contributed by atoms with Crippen LogP contribution in [0.2, 0.25) is 0 Å². The Bertz CT molecular complexity index is 617. The molecule has 1 aliphatic carbocycles. The molecule has 0 saturated heterocycles. The minimum atomic E-state index is -0.310. The Morgan fingerprint density at radius 3 is 2.71 bits per heavy atom. The smallest absolute Gasteiger partial charge is 0.287 e. The molecule has 0 aliphatic heterocycles.